The van der Waals surface area contributed by atoms with E-state index in [2.05, 4.69) is 54.0 Å². The van der Waals surface area contributed by atoms with Crippen LogP contribution in [0.2, 0.25) is 0 Å². The Morgan fingerprint density at radius 1 is 1.00 bits per heavy atom. The summed E-state index contributed by atoms with van der Waals surface area (Å²) in [5, 5.41) is 0. The van der Waals surface area contributed by atoms with Gasteiger partial charge in [-0.3, -0.25) is 0 Å². The number of fused-ring (bicyclic) bond motifs is 1. The van der Waals surface area contributed by atoms with Crippen LogP contribution in [0.25, 0.3) is 11.0 Å². The number of aromatic nitrogens is 2. The Hall–Kier alpha value is -1.13. The fourth-order valence-electron chi connectivity index (χ4n) is 2.00. The van der Waals surface area contributed by atoms with Gasteiger partial charge in [0, 0.05) is 15.4 Å². The van der Waals surface area contributed by atoms with Crippen LogP contribution in [0.4, 0.5) is 0 Å². The second-order valence-electron chi connectivity index (χ2n) is 4.16. The Bertz CT molecular complexity index is 651. The topological polar surface area (TPSA) is 28.7 Å². The van der Waals surface area contributed by atoms with E-state index in [-0.39, 0.29) is 0 Å². The first-order valence-electron chi connectivity index (χ1n) is 5.59. The number of halogens is 2. The zero-order chi connectivity index (χ0) is 12.5. The standard InChI is InChI=1S/C14H10Br2N2/c15-10-5-9(6-11(16)8-10)7-14-17-12-3-1-2-4-13(12)18-14/h1-6,8H,7H2,(H,17,18). The summed E-state index contributed by atoms with van der Waals surface area (Å²) < 4.78 is 2.14. The van der Waals surface area contributed by atoms with Crippen molar-refractivity contribution in [2.75, 3.05) is 0 Å². The van der Waals surface area contributed by atoms with Gasteiger partial charge in [-0.2, -0.15) is 0 Å². The first kappa shape index (κ1) is 11.9. The highest BCUT2D eigenvalue weighted by Gasteiger charge is 2.04. The van der Waals surface area contributed by atoms with Crippen molar-refractivity contribution < 1.29 is 0 Å². The number of nitrogens with zero attached hydrogens (tertiary/aromatic N) is 1. The highest BCUT2D eigenvalue weighted by molar-refractivity contribution is 9.11. The third-order valence-corrected chi connectivity index (χ3v) is 3.65. The lowest BCUT2D eigenvalue weighted by atomic mass is 10.1. The summed E-state index contributed by atoms with van der Waals surface area (Å²) in [6, 6.07) is 14.3. The fraction of sp³-hybridized carbons (Fsp3) is 0.0714. The minimum Gasteiger partial charge on any atom is -0.342 e. The molecule has 0 fully saturated rings. The van der Waals surface area contributed by atoms with Gasteiger partial charge in [-0.15, -0.1) is 0 Å². The van der Waals surface area contributed by atoms with Crippen LogP contribution >= 0.6 is 31.9 Å². The molecule has 18 heavy (non-hydrogen) atoms. The Morgan fingerprint density at radius 2 is 1.72 bits per heavy atom. The Morgan fingerprint density at radius 3 is 2.44 bits per heavy atom. The van der Waals surface area contributed by atoms with Crippen LogP contribution in [0.3, 0.4) is 0 Å². The van der Waals surface area contributed by atoms with E-state index < -0.39 is 0 Å². The van der Waals surface area contributed by atoms with E-state index >= 15 is 0 Å². The number of imidazole rings is 1. The van der Waals surface area contributed by atoms with Gasteiger partial charge in [-0.05, 0) is 35.9 Å². The lowest BCUT2D eigenvalue weighted by Gasteiger charge is -2.01. The average Bonchev–Trinajstić information content (AvgIpc) is 2.69. The summed E-state index contributed by atoms with van der Waals surface area (Å²) in [5.74, 6) is 0.987. The Kier molecular flexibility index (Phi) is 3.22. The van der Waals surface area contributed by atoms with Crippen LogP contribution in [0.15, 0.2) is 51.4 Å². The van der Waals surface area contributed by atoms with Gasteiger partial charge in [0.2, 0.25) is 0 Å². The summed E-state index contributed by atoms with van der Waals surface area (Å²) in [6.45, 7) is 0. The molecular formula is C14H10Br2N2. The average molecular weight is 366 g/mol. The smallest absolute Gasteiger partial charge is 0.111 e. The van der Waals surface area contributed by atoms with Crippen LogP contribution in [-0.4, -0.2) is 9.97 Å². The molecule has 0 aliphatic heterocycles. The van der Waals surface area contributed by atoms with Crippen molar-refractivity contribution in [1.82, 2.24) is 9.97 Å². The van der Waals surface area contributed by atoms with Gasteiger partial charge in [0.25, 0.3) is 0 Å². The molecule has 0 unspecified atom stereocenters. The number of benzene rings is 2. The fourth-order valence-corrected chi connectivity index (χ4v) is 3.38. The van der Waals surface area contributed by atoms with Gasteiger partial charge >= 0.3 is 0 Å². The zero-order valence-electron chi connectivity index (χ0n) is 9.45. The lowest BCUT2D eigenvalue weighted by molar-refractivity contribution is 1.04. The molecule has 0 saturated carbocycles. The third-order valence-electron chi connectivity index (χ3n) is 2.73. The summed E-state index contributed by atoms with van der Waals surface area (Å²) in [5.41, 5.74) is 3.32. The van der Waals surface area contributed by atoms with E-state index in [9.17, 15) is 0 Å². The molecule has 0 atom stereocenters. The molecule has 1 heterocycles. The first-order valence-corrected chi connectivity index (χ1v) is 7.18. The van der Waals surface area contributed by atoms with E-state index in [1.165, 1.54) is 5.56 Å². The van der Waals surface area contributed by atoms with Crippen LogP contribution in [0.5, 0.6) is 0 Å². The predicted molar refractivity (Wildman–Crippen MR) is 80.7 cm³/mol. The molecule has 0 amide bonds. The third kappa shape index (κ3) is 2.49. The van der Waals surface area contributed by atoms with Gasteiger partial charge in [0.1, 0.15) is 5.82 Å². The van der Waals surface area contributed by atoms with Crippen molar-refractivity contribution in [3.63, 3.8) is 0 Å². The Labute approximate surface area is 122 Å². The van der Waals surface area contributed by atoms with Gasteiger partial charge < -0.3 is 4.98 Å². The molecule has 3 aromatic rings. The van der Waals surface area contributed by atoms with Crippen LogP contribution in [0, 0.1) is 0 Å². The van der Waals surface area contributed by atoms with E-state index in [4.69, 9.17) is 0 Å². The van der Waals surface area contributed by atoms with Gasteiger partial charge in [-0.25, -0.2) is 4.98 Å². The maximum Gasteiger partial charge on any atom is 0.111 e. The highest BCUT2D eigenvalue weighted by Crippen LogP contribution is 2.22. The molecule has 0 aliphatic rings. The zero-order valence-corrected chi connectivity index (χ0v) is 12.6. The molecule has 0 saturated heterocycles. The van der Waals surface area contributed by atoms with E-state index in [0.717, 1.165) is 32.2 Å². The monoisotopic (exact) mass is 364 g/mol. The molecule has 90 valence electrons. The number of para-hydroxylation sites is 2. The number of hydrogen-bond acceptors (Lipinski definition) is 1. The van der Waals surface area contributed by atoms with Crippen molar-refractivity contribution in [1.29, 1.82) is 0 Å². The highest BCUT2D eigenvalue weighted by atomic mass is 79.9. The van der Waals surface area contributed by atoms with Crippen molar-refractivity contribution in [3.8, 4) is 0 Å². The molecule has 0 radical (unpaired) electrons. The second-order valence-corrected chi connectivity index (χ2v) is 5.99. The molecule has 0 bridgehead atoms. The van der Waals surface area contributed by atoms with Crippen LogP contribution < -0.4 is 0 Å². The molecule has 2 nitrogen and oxygen atoms in total. The summed E-state index contributed by atoms with van der Waals surface area (Å²) in [7, 11) is 0. The minimum absolute atomic E-state index is 0.798. The van der Waals surface area contributed by atoms with Crippen LogP contribution in [-0.2, 0) is 6.42 Å². The summed E-state index contributed by atoms with van der Waals surface area (Å²) in [4.78, 5) is 7.92. The Balaban J connectivity index is 1.96. The quantitative estimate of drug-likeness (QED) is 0.701. The first-order chi connectivity index (χ1) is 8.70. The molecule has 4 heteroatoms. The molecule has 3 rings (SSSR count). The number of nitrogens with one attached hydrogen (secondary N) is 1. The molecular weight excluding hydrogens is 356 g/mol. The molecule has 0 spiro atoms. The number of hydrogen-bond donors (Lipinski definition) is 1. The van der Waals surface area contributed by atoms with Crippen molar-refractivity contribution in [2.45, 2.75) is 6.42 Å². The van der Waals surface area contributed by atoms with Crippen LogP contribution in [0.1, 0.15) is 11.4 Å². The SMILES string of the molecule is Brc1cc(Br)cc(Cc2nc3ccccc3[nH]2)c1. The molecule has 1 aromatic heterocycles. The van der Waals surface area contributed by atoms with E-state index in [0.29, 0.717) is 0 Å². The largest absolute Gasteiger partial charge is 0.342 e. The predicted octanol–water partition coefficient (Wildman–Crippen LogP) is 4.68. The summed E-state index contributed by atoms with van der Waals surface area (Å²) >= 11 is 7.00. The number of aromatic amines is 1. The second kappa shape index (κ2) is 4.86. The maximum absolute atomic E-state index is 4.58. The summed E-state index contributed by atoms with van der Waals surface area (Å²) in [6.07, 6.45) is 0.798. The van der Waals surface area contributed by atoms with E-state index in [1.807, 2.05) is 30.3 Å². The maximum atomic E-state index is 4.58. The van der Waals surface area contributed by atoms with Gasteiger partial charge in [0.05, 0.1) is 11.0 Å². The van der Waals surface area contributed by atoms with Crippen molar-refractivity contribution in [2.24, 2.45) is 0 Å². The van der Waals surface area contributed by atoms with E-state index in [1.54, 1.807) is 0 Å². The van der Waals surface area contributed by atoms with Crippen molar-refractivity contribution in [3.05, 3.63) is 62.8 Å². The van der Waals surface area contributed by atoms with Crippen molar-refractivity contribution >= 4 is 42.9 Å². The van der Waals surface area contributed by atoms with Gasteiger partial charge in [0.15, 0.2) is 0 Å². The normalized spacial score (nSPS) is 11.0. The van der Waals surface area contributed by atoms with Gasteiger partial charge in [-0.1, -0.05) is 44.0 Å². The minimum atomic E-state index is 0.798. The number of rotatable bonds is 2. The lowest BCUT2D eigenvalue weighted by Crippen LogP contribution is -1.90. The number of H-pyrrole nitrogens is 1. The molecule has 2 aromatic carbocycles. The molecule has 0 aliphatic carbocycles. The molecule has 1 N–H and O–H groups in total.